The number of aliphatic hydroxyl groups excluding tert-OH is 1. The van der Waals surface area contributed by atoms with Crippen LogP contribution in [0.1, 0.15) is 23.2 Å². The first-order valence-electron chi connectivity index (χ1n) is 4.78. The number of hydrogen-bond acceptors (Lipinski definition) is 2. The number of unbranched alkanes of at least 4 members (excludes halogenated alkanes) is 1. The number of nitrogens with one attached hydrogen (secondary N) is 1. The summed E-state index contributed by atoms with van der Waals surface area (Å²) < 4.78 is 0. The van der Waals surface area contributed by atoms with Crippen molar-refractivity contribution in [3.8, 4) is 0 Å². The molecule has 0 aliphatic rings. The van der Waals surface area contributed by atoms with Crippen LogP contribution in [-0.2, 0) is 0 Å². The van der Waals surface area contributed by atoms with E-state index in [0.717, 1.165) is 12.8 Å². The van der Waals surface area contributed by atoms with Gasteiger partial charge < -0.3 is 10.4 Å². The number of carbonyl (C=O) groups excluding carboxylic acids is 1. The minimum Gasteiger partial charge on any atom is -0.396 e. The van der Waals surface area contributed by atoms with E-state index in [1.54, 1.807) is 12.1 Å². The predicted octanol–water partition coefficient (Wildman–Crippen LogP) is 1.19. The first kappa shape index (κ1) is 10.7. The third kappa shape index (κ3) is 3.58. The molecule has 0 saturated carbocycles. The summed E-state index contributed by atoms with van der Waals surface area (Å²) in [6.07, 6.45) is 1.55. The molecule has 0 heterocycles. The normalized spacial score (nSPS) is 9.79. The summed E-state index contributed by atoms with van der Waals surface area (Å²) in [6.45, 7) is 0.801. The second kappa shape index (κ2) is 6.16. The van der Waals surface area contributed by atoms with Crippen molar-refractivity contribution in [2.24, 2.45) is 0 Å². The zero-order valence-corrected chi connectivity index (χ0v) is 8.07. The van der Waals surface area contributed by atoms with Crippen molar-refractivity contribution in [2.75, 3.05) is 13.2 Å². The van der Waals surface area contributed by atoms with Crippen LogP contribution in [-0.4, -0.2) is 24.2 Å². The minimum absolute atomic E-state index is 0.0523. The molecule has 0 fully saturated rings. The SMILES string of the molecule is O=C(NCCCCO)c1ccccc1. The minimum atomic E-state index is -0.0523. The maximum Gasteiger partial charge on any atom is 0.251 e. The van der Waals surface area contributed by atoms with E-state index in [2.05, 4.69) is 5.32 Å². The summed E-state index contributed by atoms with van der Waals surface area (Å²) in [5.74, 6) is -0.0523. The van der Waals surface area contributed by atoms with Crippen molar-refractivity contribution in [3.63, 3.8) is 0 Å². The Balaban J connectivity index is 2.29. The first-order chi connectivity index (χ1) is 6.84. The van der Waals surface area contributed by atoms with Crippen molar-refractivity contribution in [2.45, 2.75) is 12.8 Å². The zero-order chi connectivity index (χ0) is 10.2. The smallest absolute Gasteiger partial charge is 0.251 e. The predicted molar refractivity (Wildman–Crippen MR) is 55.1 cm³/mol. The average Bonchev–Trinajstić information content (AvgIpc) is 2.25. The molecule has 0 atom stereocenters. The van der Waals surface area contributed by atoms with Gasteiger partial charge in [-0.3, -0.25) is 4.79 Å². The lowest BCUT2D eigenvalue weighted by molar-refractivity contribution is 0.0952. The molecule has 76 valence electrons. The molecular weight excluding hydrogens is 178 g/mol. The molecule has 0 aliphatic carbocycles. The molecule has 3 nitrogen and oxygen atoms in total. The van der Waals surface area contributed by atoms with Crippen LogP contribution in [0.15, 0.2) is 30.3 Å². The van der Waals surface area contributed by atoms with Crippen LogP contribution in [0.3, 0.4) is 0 Å². The van der Waals surface area contributed by atoms with E-state index in [1.165, 1.54) is 0 Å². The standard InChI is InChI=1S/C11H15NO2/c13-9-5-4-8-12-11(14)10-6-2-1-3-7-10/h1-3,6-7,13H,4-5,8-9H2,(H,12,14). The molecule has 0 aliphatic heterocycles. The van der Waals surface area contributed by atoms with Gasteiger partial charge >= 0.3 is 0 Å². The largest absolute Gasteiger partial charge is 0.396 e. The van der Waals surface area contributed by atoms with Gasteiger partial charge in [-0.05, 0) is 25.0 Å². The van der Waals surface area contributed by atoms with E-state index in [1.807, 2.05) is 18.2 Å². The number of benzene rings is 1. The molecule has 0 aromatic heterocycles. The summed E-state index contributed by atoms with van der Waals surface area (Å²) >= 11 is 0. The van der Waals surface area contributed by atoms with E-state index < -0.39 is 0 Å². The monoisotopic (exact) mass is 193 g/mol. The highest BCUT2D eigenvalue weighted by Crippen LogP contribution is 1.97. The number of carbonyl (C=O) groups is 1. The Hall–Kier alpha value is -1.35. The Morgan fingerprint density at radius 3 is 2.57 bits per heavy atom. The van der Waals surface area contributed by atoms with Crippen LogP contribution in [0, 0.1) is 0 Å². The summed E-state index contributed by atoms with van der Waals surface area (Å²) in [6, 6.07) is 9.11. The topological polar surface area (TPSA) is 49.3 Å². The molecule has 1 aromatic rings. The summed E-state index contributed by atoms with van der Waals surface area (Å²) in [5.41, 5.74) is 0.677. The second-order valence-electron chi connectivity index (χ2n) is 3.05. The van der Waals surface area contributed by atoms with Crippen LogP contribution in [0.4, 0.5) is 0 Å². The molecule has 0 unspecified atom stereocenters. The molecule has 1 aromatic carbocycles. The Labute approximate surface area is 83.8 Å². The van der Waals surface area contributed by atoms with Gasteiger partial charge in [0, 0.05) is 18.7 Å². The second-order valence-corrected chi connectivity index (χ2v) is 3.05. The average molecular weight is 193 g/mol. The summed E-state index contributed by atoms with van der Waals surface area (Å²) in [7, 11) is 0. The van der Waals surface area contributed by atoms with Crippen molar-refractivity contribution in [1.82, 2.24) is 5.32 Å². The Kier molecular flexibility index (Phi) is 4.72. The van der Waals surface area contributed by atoms with Gasteiger partial charge in [-0.2, -0.15) is 0 Å². The highest BCUT2D eigenvalue weighted by molar-refractivity contribution is 5.94. The third-order valence-electron chi connectivity index (χ3n) is 1.91. The van der Waals surface area contributed by atoms with Crippen molar-refractivity contribution in [1.29, 1.82) is 0 Å². The van der Waals surface area contributed by atoms with E-state index in [-0.39, 0.29) is 12.5 Å². The van der Waals surface area contributed by atoms with Crippen molar-refractivity contribution < 1.29 is 9.90 Å². The highest BCUT2D eigenvalue weighted by atomic mass is 16.2. The summed E-state index contributed by atoms with van der Waals surface area (Å²) in [4.78, 5) is 11.4. The third-order valence-corrected chi connectivity index (χ3v) is 1.91. The maximum atomic E-state index is 11.4. The fourth-order valence-corrected chi connectivity index (χ4v) is 1.13. The number of amides is 1. The van der Waals surface area contributed by atoms with E-state index in [0.29, 0.717) is 12.1 Å². The number of rotatable bonds is 5. The van der Waals surface area contributed by atoms with Gasteiger partial charge in [0.2, 0.25) is 0 Å². The zero-order valence-electron chi connectivity index (χ0n) is 8.07. The lowest BCUT2D eigenvalue weighted by Gasteiger charge is -2.03. The van der Waals surface area contributed by atoms with Crippen LogP contribution in [0.5, 0.6) is 0 Å². The van der Waals surface area contributed by atoms with Crippen molar-refractivity contribution in [3.05, 3.63) is 35.9 Å². The highest BCUT2D eigenvalue weighted by Gasteiger charge is 2.01. The van der Waals surface area contributed by atoms with Crippen molar-refractivity contribution >= 4 is 5.91 Å². The molecule has 0 spiro atoms. The number of aliphatic hydroxyl groups is 1. The molecule has 0 radical (unpaired) electrons. The van der Waals surface area contributed by atoms with Gasteiger partial charge in [-0.25, -0.2) is 0 Å². The first-order valence-corrected chi connectivity index (χ1v) is 4.78. The Morgan fingerprint density at radius 1 is 1.21 bits per heavy atom. The lowest BCUT2D eigenvalue weighted by Crippen LogP contribution is -2.24. The van der Waals surface area contributed by atoms with Crippen LogP contribution >= 0.6 is 0 Å². The van der Waals surface area contributed by atoms with E-state index >= 15 is 0 Å². The lowest BCUT2D eigenvalue weighted by atomic mass is 10.2. The molecule has 14 heavy (non-hydrogen) atoms. The van der Waals surface area contributed by atoms with Crippen LogP contribution in [0.2, 0.25) is 0 Å². The molecule has 0 bridgehead atoms. The van der Waals surface area contributed by atoms with Crippen LogP contribution < -0.4 is 5.32 Å². The fourth-order valence-electron chi connectivity index (χ4n) is 1.13. The molecule has 3 heteroatoms. The Bertz CT molecular complexity index is 272. The van der Waals surface area contributed by atoms with E-state index in [9.17, 15) is 4.79 Å². The molecule has 1 rings (SSSR count). The summed E-state index contributed by atoms with van der Waals surface area (Å²) in [5, 5.41) is 11.3. The van der Waals surface area contributed by atoms with Gasteiger partial charge in [-0.15, -0.1) is 0 Å². The molecule has 2 N–H and O–H groups in total. The van der Waals surface area contributed by atoms with Gasteiger partial charge in [0.25, 0.3) is 5.91 Å². The quantitative estimate of drug-likeness (QED) is 0.690. The molecule has 0 saturated heterocycles. The van der Waals surface area contributed by atoms with Crippen LogP contribution in [0.25, 0.3) is 0 Å². The molecular formula is C11H15NO2. The number of hydrogen-bond donors (Lipinski definition) is 2. The Morgan fingerprint density at radius 2 is 1.93 bits per heavy atom. The fraction of sp³-hybridized carbons (Fsp3) is 0.364. The maximum absolute atomic E-state index is 11.4. The van der Waals surface area contributed by atoms with Gasteiger partial charge in [-0.1, -0.05) is 18.2 Å². The van der Waals surface area contributed by atoms with Gasteiger partial charge in [0.05, 0.1) is 0 Å². The van der Waals surface area contributed by atoms with E-state index in [4.69, 9.17) is 5.11 Å². The van der Waals surface area contributed by atoms with Gasteiger partial charge in [0.1, 0.15) is 0 Å². The van der Waals surface area contributed by atoms with Gasteiger partial charge in [0.15, 0.2) is 0 Å². The molecule has 1 amide bonds.